The van der Waals surface area contributed by atoms with Gasteiger partial charge in [-0.3, -0.25) is 9.59 Å². The fourth-order valence-corrected chi connectivity index (χ4v) is 2.58. The Kier molecular flexibility index (Phi) is 6.52. The van der Waals surface area contributed by atoms with E-state index in [-0.39, 0.29) is 17.4 Å². The highest BCUT2D eigenvalue weighted by Crippen LogP contribution is 2.04. The monoisotopic (exact) mass is 284 g/mol. The Labute approximate surface area is 116 Å². The van der Waals surface area contributed by atoms with Crippen molar-refractivity contribution in [3.05, 3.63) is 33.4 Å². The maximum absolute atomic E-state index is 11.9. The minimum atomic E-state index is -0.0529. The number of aromatic nitrogens is 1. The molecule has 1 aromatic heterocycles. The van der Waals surface area contributed by atoms with Crippen molar-refractivity contribution in [3.63, 3.8) is 0 Å². The van der Waals surface area contributed by atoms with E-state index in [4.69, 9.17) is 5.11 Å². The lowest BCUT2D eigenvalue weighted by molar-refractivity contribution is -0.131. The van der Waals surface area contributed by atoms with Crippen molar-refractivity contribution >= 4 is 17.2 Å². The third kappa shape index (κ3) is 4.65. The molecule has 0 aliphatic carbocycles. The van der Waals surface area contributed by atoms with Crippen molar-refractivity contribution in [2.24, 2.45) is 0 Å². The van der Waals surface area contributed by atoms with E-state index in [0.29, 0.717) is 32.5 Å². The first-order chi connectivity index (χ1) is 9.10. The first kappa shape index (κ1) is 15.7. The Morgan fingerprint density at radius 2 is 2.37 bits per heavy atom. The number of aliphatic hydroxyl groups excluding tert-OH is 1. The number of aryl methyl sites for hydroxylation is 1. The van der Waals surface area contributed by atoms with Crippen LogP contribution in [-0.4, -0.2) is 40.2 Å². The highest BCUT2D eigenvalue weighted by molar-refractivity contribution is 7.07. The molecule has 5 nitrogen and oxygen atoms in total. The van der Waals surface area contributed by atoms with Gasteiger partial charge in [-0.15, -0.1) is 6.58 Å². The lowest BCUT2D eigenvalue weighted by Gasteiger charge is -2.19. The summed E-state index contributed by atoms with van der Waals surface area (Å²) >= 11 is 1.18. The minimum Gasteiger partial charge on any atom is -0.395 e. The average molecular weight is 284 g/mol. The van der Waals surface area contributed by atoms with Crippen LogP contribution in [0.3, 0.4) is 0 Å². The molecule has 0 atom stereocenters. The Hall–Kier alpha value is -1.40. The van der Waals surface area contributed by atoms with Crippen LogP contribution < -0.4 is 4.87 Å². The van der Waals surface area contributed by atoms with Gasteiger partial charge in [-0.1, -0.05) is 17.4 Å². The fourth-order valence-electron chi connectivity index (χ4n) is 1.82. The molecule has 0 radical (unpaired) electrons. The standard InChI is InChI=1S/C13H20N2O3S/c1-3-6-14(8-9-16)12(17)5-4-7-15-11(2)10-19-13(15)18/h3,10,16H,1,4-9H2,2H3. The lowest BCUT2D eigenvalue weighted by Crippen LogP contribution is -2.33. The van der Waals surface area contributed by atoms with Gasteiger partial charge in [0.05, 0.1) is 6.61 Å². The molecule has 1 aromatic rings. The van der Waals surface area contributed by atoms with Gasteiger partial charge < -0.3 is 14.6 Å². The summed E-state index contributed by atoms with van der Waals surface area (Å²) in [7, 11) is 0. The van der Waals surface area contributed by atoms with Crippen LogP contribution in [0.4, 0.5) is 0 Å². The van der Waals surface area contributed by atoms with Crippen LogP contribution in [0.15, 0.2) is 22.8 Å². The molecule has 19 heavy (non-hydrogen) atoms. The van der Waals surface area contributed by atoms with Gasteiger partial charge in [0.25, 0.3) is 0 Å². The normalized spacial score (nSPS) is 10.4. The molecule has 0 aliphatic rings. The molecule has 6 heteroatoms. The fraction of sp³-hybridized carbons (Fsp3) is 0.538. The van der Waals surface area contributed by atoms with Gasteiger partial charge >= 0.3 is 4.87 Å². The Balaban J connectivity index is 2.45. The topological polar surface area (TPSA) is 62.5 Å². The highest BCUT2D eigenvalue weighted by Gasteiger charge is 2.11. The number of carbonyl (C=O) groups is 1. The second-order valence-electron chi connectivity index (χ2n) is 4.25. The molecule has 0 fully saturated rings. The lowest BCUT2D eigenvalue weighted by atomic mass is 10.2. The Bertz CT molecular complexity index is 478. The van der Waals surface area contributed by atoms with Crippen LogP contribution >= 0.6 is 11.3 Å². The van der Waals surface area contributed by atoms with Gasteiger partial charge in [0.2, 0.25) is 5.91 Å². The summed E-state index contributed by atoms with van der Waals surface area (Å²) in [4.78, 5) is 25.0. The summed E-state index contributed by atoms with van der Waals surface area (Å²) in [6, 6.07) is 0. The average Bonchev–Trinajstić information content (AvgIpc) is 2.70. The van der Waals surface area contributed by atoms with Gasteiger partial charge in [-0.25, -0.2) is 0 Å². The maximum Gasteiger partial charge on any atom is 0.307 e. The summed E-state index contributed by atoms with van der Waals surface area (Å²) in [6.45, 7) is 6.74. The van der Waals surface area contributed by atoms with E-state index >= 15 is 0 Å². The molecule has 1 amide bonds. The van der Waals surface area contributed by atoms with Crippen LogP contribution in [-0.2, 0) is 11.3 Å². The van der Waals surface area contributed by atoms with Crippen molar-refractivity contribution < 1.29 is 9.90 Å². The molecule has 0 saturated carbocycles. The van der Waals surface area contributed by atoms with Gasteiger partial charge in [0, 0.05) is 37.1 Å². The smallest absolute Gasteiger partial charge is 0.307 e. The predicted molar refractivity (Wildman–Crippen MR) is 76.4 cm³/mol. The first-order valence-electron chi connectivity index (χ1n) is 6.24. The number of carbonyl (C=O) groups excluding carboxylic acids is 1. The van der Waals surface area contributed by atoms with Crippen molar-refractivity contribution in [2.45, 2.75) is 26.3 Å². The third-order valence-electron chi connectivity index (χ3n) is 2.82. The van der Waals surface area contributed by atoms with E-state index in [2.05, 4.69) is 6.58 Å². The number of nitrogens with zero attached hydrogens (tertiary/aromatic N) is 2. The molecule has 0 aromatic carbocycles. The SMILES string of the molecule is C=CCN(CCO)C(=O)CCCn1c(C)csc1=O. The predicted octanol–water partition coefficient (Wildman–Crippen LogP) is 1.01. The zero-order valence-corrected chi connectivity index (χ0v) is 12.0. The van der Waals surface area contributed by atoms with Crippen LogP contribution in [0.1, 0.15) is 18.5 Å². The molecule has 0 saturated heterocycles. The van der Waals surface area contributed by atoms with Crippen LogP contribution in [0.25, 0.3) is 0 Å². The zero-order chi connectivity index (χ0) is 14.3. The van der Waals surface area contributed by atoms with E-state index in [9.17, 15) is 9.59 Å². The van der Waals surface area contributed by atoms with E-state index < -0.39 is 0 Å². The maximum atomic E-state index is 11.9. The third-order valence-corrected chi connectivity index (χ3v) is 3.70. The van der Waals surface area contributed by atoms with Crippen molar-refractivity contribution in [3.8, 4) is 0 Å². The van der Waals surface area contributed by atoms with Crippen molar-refractivity contribution in [1.29, 1.82) is 0 Å². The summed E-state index contributed by atoms with van der Waals surface area (Å²) in [5.74, 6) is -0.0186. The van der Waals surface area contributed by atoms with E-state index in [0.717, 1.165) is 5.69 Å². The number of aliphatic hydroxyl groups is 1. The number of hydrogen-bond donors (Lipinski definition) is 1. The summed E-state index contributed by atoms with van der Waals surface area (Å²) in [5.41, 5.74) is 0.931. The Morgan fingerprint density at radius 1 is 1.63 bits per heavy atom. The summed E-state index contributed by atoms with van der Waals surface area (Å²) in [5, 5.41) is 10.7. The van der Waals surface area contributed by atoms with Gasteiger partial charge in [-0.2, -0.15) is 0 Å². The first-order valence-corrected chi connectivity index (χ1v) is 7.12. The molecular formula is C13H20N2O3S. The van der Waals surface area contributed by atoms with E-state index in [1.54, 1.807) is 15.5 Å². The van der Waals surface area contributed by atoms with Gasteiger partial charge in [0.15, 0.2) is 0 Å². The second-order valence-corrected chi connectivity index (χ2v) is 5.07. The molecule has 1 heterocycles. The number of amides is 1. The molecule has 0 aliphatic heterocycles. The van der Waals surface area contributed by atoms with Crippen LogP contribution in [0, 0.1) is 6.92 Å². The minimum absolute atomic E-state index is 0.0169. The number of rotatable bonds is 8. The van der Waals surface area contributed by atoms with Gasteiger partial charge in [-0.05, 0) is 13.3 Å². The molecule has 1 rings (SSSR count). The summed E-state index contributed by atoms with van der Waals surface area (Å²) < 4.78 is 1.68. The van der Waals surface area contributed by atoms with Crippen molar-refractivity contribution in [2.75, 3.05) is 19.7 Å². The van der Waals surface area contributed by atoms with Crippen LogP contribution in [0.2, 0.25) is 0 Å². The molecule has 0 unspecified atom stereocenters. The molecule has 106 valence electrons. The largest absolute Gasteiger partial charge is 0.395 e. The molecular weight excluding hydrogens is 264 g/mol. The zero-order valence-electron chi connectivity index (χ0n) is 11.2. The highest BCUT2D eigenvalue weighted by atomic mass is 32.1. The van der Waals surface area contributed by atoms with Crippen LogP contribution in [0.5, 0.6) is 0 Å². The number of thiazole rings is 1. The summed E-state index contributed by atoms with van der Waals surface area (Å²) in [6.07, 6.45) is 2.63. The molecule has 1 N–H and O–H groups in total. The second kappa shape index (κ2) is 7.91. The number of hydrogen-bond acceptors (Lipinski definition) is 4. The molecule has 0 bridgehead atoms. The molecule has 0 spiro atoms. The van der Waals surface area contributed by atoms with E-state index in [1.165, 1.54) is 11.3 Å². The Morgan fingerprint density at radius 3 is 2.89 bits per heavy atom. The van der Waals surface area contributed by atoms with E-state index in [1.807, 2.05) is 12.3 Å². The van der Waals surface area contributed by atoms with Crippen molar-refractivity contribution in [1.82, 2.24) is 9.47 Å². The quantitative estimate of drug-likeness (QED) is 0.725. The van der Waals surface area contributed by atoms with Gasteiger partial charge in [0.1, 0.15) is 0 Å².